The molecule has 0 radical (unpaired) electrons. The van der Waals surface area contributed by atoms with Crippen molar-refractivity contribution in [1.29, 1.82) is 0 Å². The maximum absolute atomic E-state index is 10.4. The lowest BCUT2D eigenvalue weighted by Crippen LogP contribution is -2.53. The number of phenolic OH excluding ortho intramolecular Hbond substituents is 1. The molecule has 1 aliphatic carbocycles. The molecule has 1 aromatic rings. The maximum atomic E-state index is 10.4. The van der Waals surface area contributed by atoms with Crippen molar-refractivity contribution in [2.45, 2.75) is 58.7 Å². The third kappa shape index (κ3) is 2.42. The van der Waals surface area contributed by atoms with Gasteiger partial charge in [0.05, 0.1) is 6.61 Å². The molecule has 3 rings (SSSR count). The molecule has 1 N–H and O–H groups in total. The molecule has 1 fully saturated rings. The second-order valence-corrected chi connectivity index (χ2v) is 7.54. The first-order valence-corrected chi connectivity index (χ1v) is 7.88. The number of hydrogen-bond donors (Lipinski definition) is 1. The van der Waals surface area contributed by atoms with Crippen molar-refractivity contribution in [2.75, 3.05) is 7.11 Å². The van der Waals surface area contributed by atoms with Crippen molar-refractivity contribution >= 4 is 0 Å². The summed E-state index contributed by atoms with van der Waals surface area (Å²) >= 11 is 0. The molecule has 1 aliphatic heterocycles. The van der Waals surface area contributed by atoms with Crippen LogP contribution in [0.2, 0.25) is 0 Å². The number of rotatable bonds is 2. The fraction of sp³-hybridized carbons (Fsp3) is 0.667. The van der Waals surface area contributed by atoms with E-state index < -0.39 is 0 Å². The van der Waals surface area contributed by atoms with Crippen molar-refractivity contribution in [3.8, 4) is 11.5 Å². The lowest BCUT2D eigenvalue weighted by molar-refractivity contribution is -0.0820. The fourth-order valence-electron chi connectivity index (χ4n) is 4.37. The van der Waals surface area contributed by atoms with E-state index in [4.69, 9.17) is 9.47 Å². The zero-order valence-electron chi connectivity index (χ0n) is 13.5. The van der Waals surface area contributed by atoms with E-state index in [1.54, 1.807) is 7.11 Å². The van der Waals surface area contributed by atoms with Crippen LogP contribution in [-0.2, 0) is 17.8 Å². The molecule has 0 saturated heterocycles. The Morgan fingerprint density at radius 3 is 2.76 bits per heavy atom. The van der Waals surface area contributed by atoms with Crippen molar-refractivity contribution in [2.24, 2.45) is 11.3 Å². The normalized spacial score (nSPS) is 30.2. The van der Waals surface area contributed by atoms with Gasteiger partial charge in [0.15, 0.2) is 0 Å². The first kappa shape index (κ1) is 14.7. The van der Waals surface area contributed by atoms with Crippen molar-refractivity contribution in [3.05, 3.63) is 23.3 Å². The number of phenols is 1. The van der Waals surface area contributed by atoms with E-state index in [9.17, 15) is 5.11 Å². The van der Waals surface area contributed by atoms with Gasteiger partial charge in [-0.1, -0.05) is 13.8 Å². The van der Waals surface area contributed by atoms with Crippen LogP contribution in [0, 0.1) is 11.3 Å². The minimum absolute atomic E-state index is 0.118. The molecule has 0 spiro atoms. The number of benzene rings is 1. The first-order valence-electron chi connectivity index (χ1n) is 7.88. The SMILES string of the molecule is COCc1cc(O)c2c(c1)O[C@]1(C)CCCC(C)(C)[C@H]1C2. The van der Waals surface area contributed by atoms with Crippen LogP contribution in [-0.4, -0.2) is 17.8 Å². The highest BCUT2D eigenvalue weighted by atomic mass is 16.5. The highest BCUT2D eigenvalue weighted by molar-refractivity contribution is 5.49. The molecule has 21 heavy (non-hydrogen) atoms. The number of fused-ring (bicyclic) bond motifs is 2. The van der Waals surface area contributed by atoms with Crippen LogP contribution < -0.4 is 4.74 Å². The molecule has 1 aromatic carbocycles. The number of methoxy groups -OCH3 is 1. The van der Waals surface area contributed by atoms with Crippen molar-refractivity contribution < 1.29 is 14.6 Å². The highest BCUT2D eigenvalue weighted by Crippen LogP contribution is 2.54. The van der Waals surface area contributed by atoms with E-state index in [1.807, 2.05) is 12.1 Å². The Hall–Kier alpha value is -1.22. The minimum atomic E-state index is -0.118. The van der Waals surface area contributed by atoms with Gasteiger partial charge < -0.3 is 14.6 Å². The summed E-state index contributed by atoms with van der Waals surface area (Å²) in [5.74, 6) is 1.65. The van der Waals surface area contributed by atoms with E-state index in [1.165, 1.54) is 12.8 Å². The van der Waals surface area contributed by atoms with Gasteiger partial charge in [-0.25, -0.2) is 0 Å². The Kier molecular flexibility index (Phi) is 3.44. The largest absolute Gasteiger partial charge is 0.508 e. The van der Waals surface area contributed by atoms with Gasteiger partial charge in [-0.2, -0.15) is 0 Å². The summed E-state index contributed by atoms with van der Waals surface area (Å²) in [6, 6.07) is 3.84. The molecule has 1 saturated carbocycles. The van der Waals surface area contributed by atoms with Crippen LogP contribution in [0.1, 0.15) is 51.2 Å². The molecular formula is C18H26O3. The Morgan fingerprint density at radius 2 is 2.05 bits per heavy atom. The zero-order valence-corrected chi connectivity index (χ0v) is 13.5. The average Bonchev–Trinajstić information content (AvgIpc) is 2.36. The molecule has 0 amide bonds. The van der Waals surface area contributed by atoms with Gasteiger partial charge in [-0.3, -0.25) is 0 Å². The molecular weight excluding hydrogens is 264 g/mol. The molecule has 3 nitrogen and oxygen atoms in total. The van der Waals surface area contributed by atoms with Gasteiger partial charge in [-0.05, 0) is 55.7 Å². The molecule has 0 bridgehead atoms. The number of ether oxygens (including phenoxy) is 2. The van der Waals surface area contributed by atoms with Gasteiger partial charge in [0.1, 0.15) is 17.1 Å². The standard InChI is InChI=1S/C18H26O3/c1-17(2)6-5-7-18(3)16(17)10-13-14(19)8-12(11-20-4)9-15(13)21-18/h8-9,16,19H,5-7,10-11H2,1-4H3/t16-,18-/m1/s1. The highest BCUT2D eigenvalue weighted by Gasteiger charge is 2.51. The Bertz CT molecular complexity index is 550. The third-order valence-electron chi connectivity index (χ3n) is 5.48. The van der Waals surface area contributed by atoms with Gasteiger partial charge >= 0.3 is 0 Å². The van der Waals surface area contributed by atoms with E-state index in [0.717, 1.165) is 29.7 Å². The lowest BCUT2D eigenvalue weighted by Gasteiger charge is -2.53. The van der Waals surface area contributed by atoms with E-state index in [2.05, 4.69) is 20.8 Å². The van der Waals surface area contributed by atoms with Crippen LogP contribution in [0.15, 0.2) is 12.1 Å². The van der Waals surface area contributed by atoms with Crippen LogP contribution in [0.25, 0.3) is 0 Å². The maximum Gasteiger partial charge on any atom is 0.127 e. The summed E-state index contributed by atoms with van der Waals surface area (Å²) in [4.78, 5) is 0. The van der Waals surface area contributed by atoms with Gasteiger partial charge in [0, 0.05) is 18.6 Å². The zero-order chi connectivity index (χ0) is 15.3. The smallest absolute Gasteiger partial charge is 0.127 e. The Balaban J connectivity index is 2.02. The summed E-state index contributed by atoms with van der Waals surface area (Å²) in [7, 11) is 1.67. The topological polar surface area (TPSA) is 38.7 Å². The van der Waals surface area contributed by atoms with Crippen molar-refractivity contribution in [1.82, 2.24) is 0 Å². The van der Waals surface area contributed by atoms with E-state index in [-0.39, 0.29) is 11.0 Å². The first-order chi connectivity index (χ1) is 9.86. The summed E-state index contributed by atoms with van der Waals surface area (Å²) < 4.78 is 11.6. The molecule has 3 heteroatoms. The summed E-state index contributed by atoms with van der Waals surface area (Å²) in [6.45, 7) is 7.40. The predicted octanol–water partition coefficient (Wildman–Crippen LogP) is 4.06. The summed E-state index contributed by atoms with van der Waals surface area (Å²) in [5, 5.41) is 10.4. The monoisotopic (exact) mass is 290 g/mol. The fourth-order valence-corrected chi connectivity index (χ4v) is 4.37. The molecule has 1 heterocycles. The van der Waals surface area contributed by atoms with Crippen LogP contribution in [0.5, 0.6) is 11.5 Å². The van der Waals surface area contributed by atoms with Crippen LogP contribution in [0.3, 0.4) is 0 Å². The lowest BCUT2D eigenvalue weighted by atomic mass is 9.59. The van der Waals surface area contributed by atoms with Gasteiger partial charge in [0.2, 0.25) is 0 Å². The quantitative estimate of drug-likeness (QED) is 0.892. The molecule has 0 unspecified atom stereocenters. The Labute approximate surface area is 127 Å². The Morgan fingerprint density at radius 1 is 1.29 bits per heavy atom. The summed E-state index contributed by atoms with van der Waals surface area (Å²) in [5.41, 5.74) is 2.06. The van der Waals surface area contributed by atoms with Crippen LogP contribution >= 0.6 is 0 Å². The van der Waals surface area contributed by atoms with Crippen molar-refractivity contribution in [3.63, 3.8) is 0 Å². The second-order valence-electron chi connectivity index (χ2n) is 7.54. The molecule has 2 aliphatic rings. The number of aromatic hydroxyl groups is 1. The second kappa shape index (κ2) is 4.91. The number of hydrogen-bond acceptors (Lipinski definition) is 3. The molecule has 0 aromatic heterocycles. The van der Waals surface area contributed by atoms with Gasteiger partial charge in [-0.15, -0.1) is 0 Å². The van der Waals surface area contributed by atoms with Crippen LogP contribution in [0.4, 0.5) is 0 Å². The average molecular weight is 290 g/mol. The van der Waals surface area contributed by atoms with Gasteiger partial charge in [0.25, 0.3) is 0 Å². The minimum Gasteiger partial charge on any atom is -0.508 e. The molecule has 2 atom stereocenters. The predicted molar refractivity (Wildman–Crippen MR) is 82.7 cm³/mol. The van der Waals surface area contributed by atoms with E-state index in [0.29, 0.717) is 18.3 Å². The third-order valence-corrected chi connectivity index (χ3v) is 5.48. The molecule has 116 valence electrons. The summed E-state index contributed by atoms with van der Waals surface area (Å²) in [6.07, 6.45) is 4.43. The van der Waals surface area contributed by atoms with E-state index >= 15 is 0 Å².